The number of rotatable bonds is 5. The van der Waals surface area contributed by atoms with E-state index in [0.29, 0.717) is 0 Å². The van der Waals surface area contributed by atoms with Crippen LogP contribution in [0.5, 0.6) is 5.75 Å². The van der Waals surface area contributed by atoms with E-state index in [1.807, 2.05) is 0 Å². The Morgan fingerprint density at radius 2 is 2.16 bits per heavy atom. The first-order valence-corrected chi connectivity index (χ1v) is 5.30. The van der Waals surface area contributed by atoms with E-state index in [4.69, 9.17) is 5.26 Å². The molecule has 0 fully saturated rings. The van der Waals surface area contributed by atoms with Crippen LogP contribution in [0, 0.1) is 17.1 Å². The zero-order valence-corrected chi connectivity index (χ0v) is 9.95. The summed E-state index contributed by atoms with van der Waals surface area (Å²) in [7, 11) is 0. The highest BCUT2D eigenvalue weighted by Crippen LogP contribution is 2.27. The molecule has 0 saturated heterocycles. The van der Waals surface area contributed by atoms with E-state index in [0.717, 1.165) is 12.1 Å². The first-order valence-electron chi connectivity index (χ1n) is 5.30. The Hall–Kier alpha value is -2.23. The molecule has 0 heterocycles. The minimum absolute atomic E-state index is 0.0987. The third-order valence-corrected chi connectivity index (χ3v) is 2.10. The number of nitrogens with zero attached hydrogens (tertiary/aromatic N) is 1. The van der Waals surface area contributed by atoms with Crippen molar-refractivity contribution in [2.24, 2.45) is 0 Å². The number of esters is 1. The van der Waals surface area contributed by atoms with Gasteiger partial charge in [0.25, 0.3) is 0 Å². The topological polar surface area (TPSA) is 59.3 Å². The van der Waals surface area contributed by atoms with Crippen LogP contribution >= 0.6 is 0 Å². The predicted octanol–water partition coefficient (Wildman–Crippen LogP) is 2.40. The fourth-order valence-corrected chi connectivity index (χ4v) is 1.43. The number of nitriles is 1. The van der Waals surface area contributed by atoms with Crippen LogP contribution < -0.4 is 4.74 Å². The molecule has 1 aromatic carbocycles. The van der Waals surface area contributed by atoms with Crippen molar-refractivity contribution in [3.05, 3.63) is 29.1 Å². The van der Waals surface area contributed by atoms with Crippen molar-refractivity contribution in [3.8, 4) is 11.8 Å². The van der Waals surface area contributed by atoms with Crippen molar-refractivity contribution in [2.75, 3.05) is 6.61 Å². The molecule has 7 heteroatoms. The van der Waals surface area contributed by atoms with Gasteiger partial charge in [-0.3, -0.25) is 4.79 Å². The number of carbonyl (C=O) groups is 1. The molecule has 0 atom stereocenters. The summed E-state index contributed by atoms with van der Waals surface area (Å²) < 4.78 is 46.6. The highest BCUT2D eigenvalue weighted by atomic mass is 19.3. The van der Waals surface area contributed by atoms with Crippen LogP contribution in [0.3, 0.4) is 0 Å². The van der Waals surface area contributed by atoms with E-state index in [-0.39, 0.29) is 17.7 Å². The first-order chi connectivity index (χ1) is 8.97. The van der Waals surface area contributed by atoms with Crippen LogP contribution in [0.1, 0.15) is 18.1 Å². The summed E-state index contributed by atoms with van der Waals surface area (Å²) in [6.07, 6.45) is -0.456. The minimum Gasteiger partial charge on any atom is -0.466 e. The molecule has 19 heavy (non-hydrogen) atoms. The molecule has 0 saturated carbocycles. The molecule has 4 nitrogen and oxygen atoms in total. The maximum Gasteiger partial charge on any atom is 0.387 e. The van der Waals surface area contributed by atoms with Gasteiger partial charge in [-0.15, -0.1) is 0 Å². The van der Waals surface area contributed by atoms with Crippen molar-refractivity contribution >= 4 is 5.97 Å². The third kappa shape index (κ3) is 4.17. The number of alkyl halides is 2. The van der Waals surface area contributed by atoms with Gasteiger partial charge in [0, 0.05) is 5.56 Å². The molecule has 102 valence electrons. The van der Waals surface area contributed by atoms with Gasteiger partial charge in [0.05, 0.1) is 24.7 Å². The summed E-state index contributed by atoms with van der Waals surface area (Å²) in [5, 5.41) is 8.67. The molecule has 0 unspecified atom stereocenters. The molecule has 0 N–H and O–H groups in total. The van der Waals surface area contributed by atoms with Gasteiger partial charge in [0.15, 0.2) is 11.6 Å². The number of ether oxygens (including phenoxy) is 2. The smallest absolute Gasteiger partial charge is 0.387 e. The summed E-state index contributed by atoms with van der Waals surface area (Å²) in [6, 6.07) is 3.52. The maximum atomic E-state index is 13.5. The number of carbonyl (C=O) groups excluding carboxylic acids is 1. The lowest BCUT2D eigenvalue weighted by molar-refractivity contribution is -0.142. The van der Waals surface area contributed by atoms with Gasteiger partial charge in [-0.1, -0.05) is 0 Å². The molecule has 0 aliphatic rings. The highest BCUT2D eigenvalue weighted by Gasteiger charge is 2.19. The standard InChI is InChI=1S/C12H10F3NO3/c1-2-18-10(17)5-8-3-7(6-16)4-9(13)11(8)19-12(14)15/h3-4,12H,2,5H2,1H3. The molecule has 0 radical (unpaired) electrons. The summed E-state index contributed by atoms with van der Waals surface area (Å²) >= 11 is 0. The van der Waals surface area contributed by atoms with Gasteiger partial charge < -0.3 is 9.47 Å². The molecular formula is C12H10F3NO3. The average Bonchev–Trinajstić information content (AvgIpc) is 2.33. The Labute approximate surface area is 107 Å². The first kappa shape index (κ1) is 14.8. The fraction of sp³-hybridized carbons (Fsp3) is 0.333. The zero-order chi connectivity index (χ0) is 14.4. The van der Waals surface area contributed by atoms with Crippen LogP contribution in [-0.2, 0) is 16.0 Å². The Kier molecular flexibility index (Phi) is 5.18. The van der Waals surface area contributed by atoms with E-state index >= 15 is 0 Å². The SMILES string of the molecule is CCOC(=O)Cc1cc(C#N)cc(F)c1OC(F)F. The van der Waals surface area contributed by atoms with Crippen molar-refractivity contribution in [3.63, 3.8) is 0 Å². The Balaban J connectivity index is 3.13. The summed E-state index contributed by atoms with van der Waals surface area (Å²) in [4.78, 5) is 11.3. The van der Waals surface area contributed by atoms with E-state index in [9.17, 15) is 18.0 Å². The van der Waals surface area contributed by atoms with Gasteiger partial charge in [-0.25, -0.2) is 4.39 Å². The van der Waals surface area contributed by atoms with E-state index in [1.54, 1.807) is 13.0 Å². The van der Waals surface area contributed by atoms with Crippen molar-refractivity contribution in [1.82, 2.24) is 0 Å². The lowest BCUT2D eigenvalue weighted by Crippen LogP contribution is -2.12. The Morgan fingerprint density at radius 1 is 1.47 bits per heavy atom. The molecule has 0 aliphatic carbocycles. The zero-order valence-electron chi connectivity index (χ0n) is 9.95. The lowest BCUT2D eigenvalue weighted by atomic mass is 10.1. The Bertz CT molecular complexity index is 512. The second kappa shape index (κ2) is 6.64. The van der Waals surface area contributed by atoms with Crippen LogP contribution in [0.2, 0.25) is 0 Å². The molecule has 0 spiro atoms. The summed E-state index contributed by atoms with van der Waals surface area (Å²) in [5.74, 6) is -2.60. The number of benzene rings is 1. The van der Waals surface area contributed by atoms with Gasteiger partial charge >= 0.3 is 12.6 Å². The summed E-state index contributed by atoms with van der Waals surface area (Å²) in [5.41, 5.74) is -0.256. The maximum absolute atomic E-state index is 13.5. The van der Waals surface area contributed by atoms with E-state index in [2.05, 4.69) is 9.47 Å². The molecule has 0 bridgehead atoms. The van der Waals surface area contributed by atoms with Crippen LogP contribution in [0.25, 0.3) is 0 Å². The largest absolute Gasteiger partial charge is 0.466 e. The van der Waals surface area contributed by atoms with Crippen LogP contribution in [0.15, 0.2) is 12.1 Å². The number of hydrogen-bond donors (Lipinski definition) is 0. The average molecular weight is 273 g/mol. The van der Waals surface area contributed by atoms with Crippen molar-refractivity contribution < 1.29 is 27.4 Å². The number of hydrogen-bond acceptors (Lipinski definition) is 4. The Morgan fingerprint density at radius 3 is 2.68 bits per heavy atom. The predicted molar refractivity (Wildman–Crippen MR) is 58.1 cm³/mol. The van der Waals surface area contributed by atoms with Gasteiger partial charge in [0.2, 0.25) is 0 Å². The third-order valence-electron chi connectivity index (χ3n) is 2.10. The summed E-state index contributed by atoms with van der Waals surface area (Å²) in [6.45, 7) is -1.56. The molecule has 1 aromatic rings. The van der Waals surface area contributed by atoms with Gasteiger partial charge in [0.1, 0.15) is 0 Å². The van der Waals surface area contributed by atoms with E-state index in [1.165, 1.54) is 0 Å². The monoisotopic (exact) mass is 273 g/mol. The quantitative estimate of drug-likeness (QED) is 0.773. The second-order valence-electron chi connectivity index (χ2n) is 3.42. The van der Waals surface area contributed by atoms with E-state index < -0.39 is 30.6 Å². The van der Waals surface area contributed by atoms with Crippen molar-refractivity contribution in [1.29, 1.82) is 5.26 Å². The molecule has 0 amide bonds. The highest BCUT2D eigenvalue weighted by molar-refractivity contribution is 5.74. The second-order valence-corrected chi connectivity index (χ2v) is 3.42. The van der Waals surface area contributed by atoms with Crippen molar-refractivity contribution in [2.45, 2.75) is 20.0 Å². The molecular weight excluding hydrogens is 263 g/mol. The van der Waals surface area contributed by atoms with Gasteiger partial charge in [-0.2, -0.15) is 14.0 Å². The normalized spacial score (nSPS) is 10.1. The molecule has 1 rings (SSSR count). The van der Waals surface area contributed by atoms with Crippen LogP contribution in [-0.4, -0.2) is 19.2 Å². The lowest BCUT2D eigenvalue weighted by Gasteiger charge is -2.11. The molecule has 0 aliphatic heterocycles. The van der Waals surface area contributed by atoms with Crippen LogP contribution in [0.4, 0.5) is 13.2 Å². The van der Waals surface area contributed by atoms with Gasteiger partial charge in [-0.05, 0) is 19.1 Å². The fourth-order valence-electron chi connectivity index (χ4n) is 1.43. The minimum atomic E-state index is -3.23. The number of halogens is 3. The molecule has 0 aromatic heterocycles.